The van der Waals surface area contributed by atoms with Crippen LogP contribution in [0.3, 0.4) is 0 Å². The van der Waals surface area contributed by atoms with Crippen LogP contribution in [-0.4, -0.2) is 22.6 Å². The molecule has 1 aromatic rings. The lowest BCUT2D eigenvalue weighted by atomic mass is 10.2. The van der Waals surface area contributed by atoms with Crippen molar-refractivity contribution >= 4 is 23.4 Å². The van der Waals surface area contributed by atoms with Gasteiger partial charge in [-0.3, -0.25) is 10.1 Å². The average Bonchev–Trinajstić information content (AvgIpc) is 2.60. The lowest BCUT2D eigenvalue weighted by Gasteiger charge is -2.18. The van der Waals surface area contributed by atoms with Crippen LogP contribution in [0.25, 0.3) is 0 Å². The number of hydrogen-bond acceptors (Lipinski definition) is 3. The van der Waals surface area contributed by atoms with Gasteiger partial charge in [-0.2, -0.15) is 0 Å². The van der Waals surface area contributed by atoms with E-state index in [9.17, 15) is 4.79 Å². The van der Waals surface area contributed by atoms with Crippen LogP contribution in [0, 0.1) is 0 Å². The Morgan fingerprint density at radius 3 is 2.69 bits per heavy atom. The standard InChI is InChI=1S/C12H16N2OS/c1-12(2)14-10(8-16-12)11(15)13-9-6-4-3-5-7-9/h3-7,10,14H,8H2,1-2H3,(H,13,15)/t10-/m0/s1. The molecule has 1 amide bonds. The maximum atomic E-state index is 11.9. The van der Waals surface area contributed by atoms with Gasteiger partial charge in [-0.05, 0) is 26.0 Å². The second kappa shape index (κ2) is 4.47. The molecular weight excluding hydrogens is 220 g/mol. The number of carbonyl (C=O) groups excluding carboxylic acids is 1. The summed E-state index contributed by atoms with van der Waals surface area (Å²) in [4.78, 5) is 11.9. The Morgan fingerprint density at radius 2 is 2.12 bits per heavy atom. The van der Waals surface area contributed by atoms with Gasteiger partial charge in [-0.25, -0.2) is 0 Å². The fourth-order valence-electron chi connectivity index (χ4n) is 1.69. The molecule has 86 valence electrons. The number of benzene rings is 1. The predicted molar refractivity (Wildman–Crippen MR) is 68.5 cm³/mol. The summed E-state index contributed by atoms with van der Waals surface area (Å²) in [6.45, 7) is 4.18. The van der Waals surface area contributed by atoms with Crippen molar-refractivity contribution < 1.29 is 4.79 Å². The van der Waals surface area contributed by atoms with E-state index < -0.39 is 0 Å². The molecule has 16 heavy (non-hydrogen) atoms. The van der Waals surface area contributed by atoms with Crippen LogP contribution in [0.1, 0.15) is 13.8 Å². The average molecular weight is 236 g/mol. The van der Waals surface area contributed by atoms with E-state index in [1.165, 1.54) is 0 Å². The van der Waals surface area contributed by atoms with Gasteiger partial charge in [-0.15, -0.1) is 11.8 Å². The molecule has 0 spiro atoms. The Bertz CT molecular complexity index is 378. The molecule has 0 radical (unpaired) electrons. The minimum absolute atomic E-state index is 0.00130. The van der Waals surface area contributed by atoms with Gasteiger partial charge in [0.15, 0.2) is 0 Å². The summed E-state index contributed by atoms with van der Waals surface area (Å²) in [7, 11) is 0. The molecule has 1 aromatic carbocycles. The van der Waals surface area contributed by atoms with Crippen molar-refractivity contribution in [3.63, 3.8) is 0 Å². The molecule has 0 aromatic heterocycles. The zero-order chi connectivity index (χ0) is 11.6. The van der Waals surface area contributed by atoms with E-state index >= 15 is 0 Å². The minimum atomic E-state index is -0.0970. The second-order valence-electron chi connectivity index (χ2n) is 4.37. The monoisotopic (exact) mass is 236 g/mol. The predicted octanol–water partition coefficient (Wildman–Crippen LogP) is 2.07. The molecule has 1 aliphatic rings. The van der Waals surface area contributed by atoms with Gasteiger partial charge in [0, 0.05) is 11.4 Å². The molecule has 4 heteroatoms. The van der Waals surface area contributed by atoms with E-state index in [0.29, 0.717) is 0 Å². The molecular formula is C12H16N2OS. The Hall–Kier alpha value is -1.00. The minimum Gasteiger partial charge on any atom is -0.325 e. The molecule has 1 aliphatic heterocycles. The lowest BCUT2D eigenvalue weighted by molar-refractivity contribution is -0.117. The van der Waals surface area contributed by atoms with Gasteiger partial charge in [-0.1, -0.05) is 18.2 Å². The Morgan fingerprint density at radius 1 is 1.44 bits per heavy atom. The Kier molecular flexibility index (Phi) is 3.21. The zero-order valence-electron chi connectivity index (χ0n) is 9.49. The number of carbonyl (C=O) groups is 1. The van der Waals surface area contributed by atoms with Gasteiger partial charge in [0.25, 0.3) is 0 Å². The summed E-state index contributed by atoms with van der Waals surface area (Å²) >= 11 is 1.77. The van der Waals surface area contributed by atoms with Crippen molar-refractivity contribution in [2.45, 2.75) is 24.8 Å². The normalized spacial score (nSPS) is 23.0. The Balaban J connectivity index is 1.95. The van der Waals surface area contributed by atoms with E-state index in [0.717, 1.165) is 11.4 Å². The first-order valence-electron chi connectivity index (χ1n) is 5.34. The summed E-state index contributed by atoms with van der Waals surface area (Å²) in [5.74, 6) is 0.871. The largest absolute Gasteiger partial charge is 0.325 e. The van der Waals surface area contributed by atoms with Crippen molar-refractivity contribution in [2.24, 2.45) is 0 Å². The molecule has 2 rings (SSSR count). The summed E-state index contributed by atoms with van der Waals surface area (Å²) in [5.41, 5.74) is 0.851. The van der Waals surface area contributed by atoms with Crippen LogP contribution in [0.5, 0.6) is 0 Å². The van der Waals surface area contributed by atoms with Crippen LogP contribution in [0.4, 0.5) is 5.69 Å². The summed E-state index contributed by atoms with van der Waals surface area (Å²) in [6.07, 6.45) is 0. The van der Waals surface area contributed by atoms with Gasteiger partial charge in [0.1, 0.15) is 0 Å². The maximum absolute atomic E-state index is 11.9. The molecule has 3 nitrogen and oxygen atoms in total. The first-order valence-corrected chi connectivity index (χ1v) is 6.33. The van der Waals surface area contributed by atoms with Crippen molar-refractivity contribution in [1.82, 2.24) is 5.32 Å². The molecule has 0 saturated carbocycles. The zero-order valence-corrected chi connectivity index (χ0v) is 10.3. The van der Waals surface area contributed by atoms with Crippen LogP contribution in [0.2, 0.25) is 0 Å². The quantitative estimate of drug-likeness (QED) is 0.826. The highest BCUT2D eigenvalue weighted by Crippen LogP contribution is 2.29. The second-order valence-corrected chi connectivity index (χ2v) is 6.02. The molecule has 2 N–H and O–H groups in total. The number of thioether (sulfide) groups is 1. The maximum Gasteiger partial charge on any atom is 0.242 e. The number of anilines is 1. The topological polar surface area (TPSA) is 41.1 Å². The first kappa shape index (κ1) is 11.5. The third kappa shape index (κ3) is 2.77. The van der Waals surface area contributed by atoms with E-state index in [4.69, 9.17) is 0 Å². The van der Waals surface area contributed by atoms with Gasteiger partial charge >= 0.3 is 0 Å². The number of amides is 1. The molecule has 1 fully saturated rings. The van der Waals surface area contributed by atoms with E-state index in [1.54, 1.807) is 11.8 Å². The summed E-state index contributed by atoms with van der Waals surface area (Å²) in [6, 6.07) is 9.45. The van der Waals surface area contributed by atoms with Crippen molar-refractivity contribution in [1.29, 1.82) is 0 Å². The molecule has 1 atom stereocenters. The van der Waals surface area contributed by atoms with Crippen LogP contribution < -0.4 is 10.6 Å². The summed E-state index contributed by atoms with van der Waals surface area (Å²) < 4.78 is 0. The van der Waals surface area contributed by atoms with Crippen molar-refractivity contribution in [3.05, 3.63) is 30.3 Å². The van der Waals surface area contributed by atoms with Crippen LogP contribution in [0.15, 0.2) is 30.3 Å². The van der Waals surface area contributed by atoms with Crippen molar-refractivity contribution in [3.8, 4) is 0 Å². The highest BCUT2D eigenvalue weighted by Gasteiger charge is 2.34. The SMILES string of the molecule is CC1(C)N[C@H](C(=O)Nc2ccccc2)CS1. The highest BCUT2D eigenvalue weighted by atomic mass is 32.2. The number of para-hydroxylation sites is 1. The van der Waals surface area contributed by atoms with E-state index in [2.05, 4.69) is 24.5 Å². The lowest BCUT2D eigenvalue weighted by Crippen LogP contribution is -2.43. The van der Waals surface area contributed by atoms with Crippen LogP contribution in [-0.2, 0) is 4.79 Å². The molecule has 1 heterocycles. The number of rotatable bonds is 2. The first-order chi connectivity index (χ1) is 7.57. The smallest absolute Gasteiger partial charge is 0.242 e. The molecule has 1 saturated heterocycles. The van der Waals surface area contributed by atoms with Crippen LogP contribution >= 0.6 is 11.8 Å². The van der Waals surface area contributed by atoms with E-state index in [-0.39, 0.29) is 16.8 Å². The number of nitrogens with one attached hydrogen (secondary N) is 2. The van der Waals surface area contributed by atoms with Gasteiger partial charge < -0.3 is 5.32 Å². The van der Waals surface area contributed by atoms with E-state index in [1.807, 2.05) is 30.3 Å². The Labute approximate surface area is 100.0 Å². The molecule has 0 aliphatic carbocycles. The van der Waals surface area contributed by atoms with Gasteiger partial charge in [0.05, 0.1) is 10.9 Å². The summed E-state index contributed by atoms with van der Waals surface area (Å²) in [5, 5.41) is 6.21. The third-order valence-corrected chi connectivity index (χ3v) is 3.83. The fraction of sp³-hybridized carbons (Fsp3) is 0.417. The fourth-order valence-corrected chi connectivity index (χ4v) is 2.73. The molecule has 0 unspecified atom stereocenters. The number of hydrogen-bond donors (Lipinski definition) is 2. The molecule has 0 bridgehead atoms. The third-order valence-electron chi connectivity index (χ3n) is 2.49. The van der Waals surface area contributed by atoms with Crippen molar-refractivity contribution in [2.75, 3.05) is 11.1 Å². The van der Waals surface area contributed by atoms with Gasteiger partial charge in [0.2, 0.25) is 5.91 Å². The highest BCUT2D eigenvalue weighted by molar-refractivity contribution is 8.00.